The molecule has 2 N–H and O–H groups in total. The molecule has 7 nitrogen and oxygen atoms in total. The van der Waals surface area contributed by atoms with Gasteiger partial charge in [0, 0.05) is 6.54 Å². The largest absolute Gasteiger partial charge is 0.492 e. The lowest BCUT2D eigenvalue weighted by molar-refractivity contribution is -0.106. The highest BCUT2D eigenvalue weighted by Crippen LogP contribution is 2.37. The molecule has 32 heavy (non-hydrogen) atoms. The van der Waals surface area contributed by atoms with Gasteiger partial charge < -0.3 is 19.8 Å². The van der Waals surface area contributed by atoms with Gasteiger partial charge >= 0.3 is 6.18 Å². The molecule has 12 heteroatoms. The van der Waals surface area contributed by atoms with Gasteiger partial charge in [-0.3, -0.25) is 0 Å². The average Bonchev–Trinajstić information content (AvgIpc) is 3.12. The fourth-order valence-electron chi connectivity index (χ4n) is 2.68. The number of nitrogens with two attached hydrogens (primary N) is 1. The Bertz CT molecular complexity index is 1030. The number of nitrogens with zero attached hydrogens (tertiary/aromatic N) is 4. The van der Waals surface area contributed by atoms with Gasteiger partial charge in [0.2, 0.25) is 5.95 Å². The van der Waals surface area contributed by atoms with Gasteiger partial charge in [-0.2, -0.15) is 18.2 Å². The predicted molar refractivity (Wildman–Crippen MR) is 121 cm³/mol. The summed E-state index contributed by atoms with van der Waals surface area (Å²) in [6, 6.07) is 7.67. The first-order valence-corrected chi connectivity index (χ1v) is 12.2. The van der Waals surface area contributed by atoms with Crippen LogP contribution in [0.4, 0.5) is 19.1 Å². The van der Waals surface area contributed by atoms with E-state index in [0.29, 0.717) is 35.3 Å². The Hall–Kier alpha value is -2.10. The van der Waals surface area contributed by atoms with Gasteiger partial charge in [0.1, 0.15) is 16.3 Å². The zero-order chi connectivity index (χ0) is 23.1. The number of anilines is 1. The molecule has 3 aromatic rings. The van der Waals surface area contributed by atoms with Crippen molar-refractivity contribution < 1.29 is 22.6 Å². The van der Waals surface area contributed by atoms with Gasteiger partial charge in [-0.1, -0.05) is 46.3 Å². The maximum atomic E-state index is 12.2. The number of hydrogen-bond acceptors (Lipinski definition) is 7. The van der Waals surface area contributed by atoms with Crippen molar-refractivity contribution in [3.05, 3.63) is 30.6 Å². The molecule has 0 bridgehead atoms. The minimum absolute atomic E-state index is 0.0670. The summed E-state index contributed by atoms with van der Waals surface area (Å²) in [5.41, 5.74) is 7.06. The standard InChI is InChI=1S/C20H25F3N5O2PS/c1-13(2)9-30-14-5-3-4-6-15(14)32-18-16-17(26-19(24)27-18)28(11-25-16)7-8-29-12-31-10-20(21,22)23/h3-6,11,13,31H,7-10,12H2,1-2H3,(H2,24,26,27). The molecular weight excluding hydrogens is 462 g/mol. The number of benzene rings is 1. The van der Waals surface area contributed by atoms with E-state index in [-0.39, 0.29) is 27.5 Å². The predicted octanol–water partition coefficient (Wildman–Crippen LogP) is 4.81. The van der Waals surface area contributed by atoms with Gasteiger partial charge in [0.15, 0.2) is 5.65 Å². The second-order valence-electron chi connectivity index (χ2n) is 7.35. The van der Waals surface area contributed by atoms with Crippen molar-refractivity contribution in [3.8, 4) is 5.75 Å². The topological polar surface area (TPSA) is 88.1 Å². The number of imidazole rings is 1. The van der Waals surface area contributed by atoms with Crippen molar-refractivity contribution in [1.29, 1.82) is 0 Å². The first-order valence-electron chi connectivity index (χ1n) is 9.96. The van der Waals surface area contributed by atoms with Crippen molar-refractivity contribution in [2.24, 2.45) is 5.92 Å². The zero-order valence-corrected chi connectivity index (χ0v) is 19.5. The van der Waals surface area contributed by atoms with Crippen LogP contribution in [0.2, 0.25) is 0 Å². The maximum Gasteiger partial charge on any atom is 0.392 e. The van der Waals surface area contributed by atoms with Crippen LogP contribution in [-0.4, -0.2) is 51.4 Å². The Balaban J connectivity index is 1.69. The number of aromatic nitrogens is 4. The number of rotatable bonds is 11. The monoisotopic (exact) mass is 487 g/mol. The molecule has 1 atom stereocenters. The molecule has 1 aromatic carbocycles. The van der Waals surface area contributed by atoms with Crippen LogP contribution in [0.3, 0.4) is 0 Å². The molecule has 174 valence electrons. The number of para-hydroxylation sites is 1. The number of nitrogen functional groups attached to an aromatic ring is 1. The van der Waals surface area contributed by atoms with Crippen LogP contribution < -0.4 is 10.5 Å². The summed E-state index contributed by atoms with van der Waals surface area (Å²) in [6.45, 7) is 5.39. The number of fused-ring (bicyclic) bond motifs is 1. The maximum absolute atomic E-state index is 12.2. The smallest absolute Gasteiger partial charge is 0.392 e. The lowest BCUT2D eigenvalue weighted by Gasteiger charge is -2.12. The lowest BCUT2D eigenvalue weighted by atomic mass is 10.2. The molecule has 2 heterocycles. The minimum atomic E-state index is -4.15. The van der Waals surface area contributed by atoms with E-state index < -0.39 is 12.3 Å². The second-order valence-corrected chi connectivity index (χ2v) is 9.52. The summed E-state index contributed by atoms with van der Waals surface area (Å²) in [4.78, 5) is 13.9. The van der Waals surface area contributed by atoms with Crippen LogP contribution in [-0.2, 0) is 11.3 Å². The molecule has 0 fully saturated rings. The molecule has 0 aliphatic heterocycles. The molecule has 0 radical (unpaired) electrons. The van der Waals surface area contributed by atoms with E-state index in [1.54, 1.807) is 10.9 Å². The molecule has 0 saturated carbocycles. The van der Waals surface area contributed by atoms with E-state index in [1.807, 2.05) is 24.3 Å². The van der Waals surface area contributed by atoms with Gasteiger partial charge in [-0.05, 0) is 18.1 Å². The van der Waals surface area contributed by atoms with Crippen molar-refractivity contribution in [1.82, 2.24) is 19.5 Å². The van der Waals surface area contributed by atoms with E-state index in [9.17, 15) is 13.2 Å². The number of hydrogen-bond donors (Lipinski definition) is 1. The highest BCUT2D eigenvalue weighted by molar-refractivity contribution is 7.99. The van der Waals surface area contributed by atoms with Crippen molar-refractivity contribution in [2.45, 2.75) is 36.5 Å². The van der Waals surface area contributed by atoms with E-state index in [1.165, 1.54) is 11.8 Å². The molecule has 1 unspecified atom stereocenters. The molecular formula is C20H25F3N5O2PS. The van der Waals surface area contributed by atoms with Gasteiger partial charge in [0.05, 0.1) is 36.9 Å². The van der Waals surface area contributed by atoms with Gasteiger partial charge in [-0.25, -0.2) is 9.97 Å². The SMILES string of the molecule is CC(C)COc1ccccc1Sc1nc(N)nc2c1ncn2CCOCPCC(F)(F)F. The minimum Gasteiger partial charge on any atom is -0.492 e. The Kier molecular flexibility index (Phi) is 8.56. The molecule has 2 aromatic heterocycles. The first-order chi connectivity index (χ1) is 15.2. The molecule has 0 amide bonds. The third-order valence-electron chi connectivity index (χ3n) is 4.08. The first kappa shape index (κ1) is 24.5. The van der Waals surface area contributed by atoms with Crippen LogP contribution in [0.15, 0.2) is 40.5 Å². The van der Waals surface area contributed by atoms with E-state index in [2.05, 4.69) is 28.8 Å². The summed E-state index contributed by atoms with van der Waals surface area (Å²) in [5, 5.41) is 0.597. The fraction of sp³-hybridized carbons (Fsp3) is 0.450. The Labute approximate surface area is 190 Å². The highest BCUT2D eigenvalue weighted by Gasteiger charge is 2.26. The summed E-state index contributed by atoms with van der Waals surface area (Å²) < 4.78 is 49.6. The van der Waals surface area contributed by atoms with Crippen LogP contribution in [0.5, 0.6) is 5.75 Å². The van der Waals surface area contributed by atoms with Crippen molar-refractivity contribution >= 4 is 37.5 Å². The number of alkyl halides is 3. The molecule has 3 rings (SSSR count). The number of halogens is 3. The normalized spacial score (nSPS) is 12.4. The van der Waals surface area contributed by atoms with Crippen molar-refractivity contribution in [2.75, 3.05) is 31.5 Å². The average molecular weight is 487 g/mol. The van der Waals surface area contributed by atoms with E-state index in [4.69, 9.17) is 15.2 Å². The third-order valence-corrected chi connectivity index (χ3v) is 6.18. The molecule has 0 aliphatic rings. The lowest BCUT2D eigenvalue weighted by Crippen LogP contribution is -2.11. The van der Waals surface area contributed by atoms with Crippen molar-refractivity contribution in [3.63, 3.8) is 0 Å². The van der Waals surface area contributed by atoms with Crippen LogP contribution in [0.25, 0.3) is 11.2 Å². The quantitative estimate of drug-likeness (QED) is 0.236. The molecule has 0 saturated heterocycles. The summed E-state index contributed by atoms with van der Waals surface area (Å²) in [6.07, 6.45) is -3.31. The molecule has 0 aliphatic carbocycles. The molecule has 0 spiro atoms. The van der Waals surface area contributed by atoms with E-state index >= 15 is 0 Å². The second kappa shape index (κ2) is 11.2. The summed E-state index contributed by atoms with van der Waals surface area (Å²) in [5.74, 6) is 1.25. The Morgan fingerprint density at radius 1 is 1.22 bits per heavy atom. The van der Waals surface area contributed by atoms with Gasteiger partial charge in [-0.15, -0.1) is 0 Å². The zero-order valence-electron chi connectivity index (χ0n) is 17.7. The summed E-state index contributed by atoms with van der Waals surface area (Å²) >= 11 is 1.39. The fourth-order valence-corrected chi connectivity index (χ4v) is 4.32. The van der Waals surface area contributed by atoms with Gasteiger partial charge in [0.25, 0.3) is 0 Å². The third kappa shape index (κ3) is 7.21. The van der Waals surface area contributed by atoms with Crippen LogP contribution in [0.1, 0.15) is 13.8 Å². The highest BCUT2D eigenvalue weighted by atomic mass is 32.2. The Morgan fingerprint density at radius 2 is 2.00 bits per heavy atom. The van der Waals surface area contributed by atoms with Crippen LogP contribution in [0, 0.1) is 5.92 Å². The number of ether oxygens (including phenoxy) is 2. The summed E-state index contributed by atoms with van der Waals surface area (Å²) in [7, 11) is -0.317. The van der Waals surface area contributed by atoms with E-state index in [0.717, 1.165) is 10.6 Å². The van der Waals surface area contributed by atoms with Crippen LogP contribution >= 0.6 is 20.3 Å². The Morgan fingerprint density at radius 3 is 2.75 bits per heavy atom.